The van der Waals surface area contributed by atoms with Crippen molar-refractivity contribution in [2.24, 2.45) is 5.73 Å². The summed E-state index contributed by atoms with van der Waals surface area (Å²) in [5.41, 5.74) is 5.73. The highest BCUT2D eigenvalue weighted by atomic mass is 79.9. The second kappa shape index (κ2) is 4.03. The summed E-state index contributed by atoms with van der Waals surface area (Å²) in [4.78, 5) is 1.35. The number of nitrogens with two attached hydrogens (primary N) is 1. The first kappa shape index (κ1) is 9.56. The topological polar surface area (TPSA) is 26.0 Å². The summed E-state index contributed by atoms with van der Waals surface area (Å²) in [6, 6.07) is 8.92. The van der Waals surface area contributed by atoms with E-state index < -0.39 is 0 Å². The van der Waals surface area contributed by atoms with Gasteiger partial charge in [-0.3, -0.25) is 0 Å². The lowest BCUT2D eigenvalue weighted by molar-refractivity contribution is 0.433. The molecule has 2 rings (SSSR count). The standard InChI is InChI=1S/C10H12BrNS/c11-7-1-3-9(4-2-7)13-10-5-8(12)6-10/h1-4,8,10H,5-6,12H2. The molecule has 0 atom stereocenters. The molecule has 3 heteroatoms. The summed E-state index contributed by atoms with van der Waals surface area (Å²) in [5, 5.41) is 0.746. The van der Waals surface area contributed by atoms with Crippen LogP contribution in [0.2, 0.25) is 0 Å². The van der Waals surface area contributed by atoms with Crippen molar-refractivity contribution in [3.63, 3.8) is 0 Å². The van der Waals surface area contributed by atoms with E-state index in [0.717, 1.165) is 9.72 Å². The van der Waals surface area contributed by atoms with Crippen LogP contribution in [0, 0.1) is 0 Å². The molecule has 0 aromatic heterocycles. The van der Waals surface area contributed by atoms with Gasteiger partial charge >= 0.3 is 0 Å². The minimum Gasteiger partial charge on any atom is -0.328 e. The Bertz CT molecular complexity index is 279. The lowest BCUT2D eigenvalue weighted by Crippen LogP contribution is -2.38. The van der Waals surface area contributed by atoms with E-state index in [1.165, 1.54) is 17.7 Å². The van der Waals surface area contributed by atoms with Gasteiger partial charge in [0.1, 0.15) is 0 Å². The number of hydrogen-bond donors (Lipinski definition) is 1. The smallest absolute Gasteiger partial charge is 0.0176 e. The predicted molar refractivity (Wildman–Crippen MR) is 61.0 cm³/mol. The second-order valence-electron chi connectivity index (χ2n) is 3.43. The minimum atomic E-state index is 0.452. The van der Waals surface area contributed by atoms with E-state index in [0.29, 0.717) is 6.04 Å². The lowest BCUT2D eigenvalue weighted by atomic mass is 9.94. The SMILES string of the molecule is NC1CC(Sc2ccc(Br)cc2)C1. The van der Waals surface area contributed by atoms with Crippen LogP contribution in [0.1, 0.15) is 12.8 Å². The normalized spacial score (nSPS) is 26.9. The number of rotatable bonds is 2. The highest BCUT2D eigenvalue weighted by molar-refractivity contribution is 9.10. The third kappa shape index (κ3) is 2.48. The molecule has 1 fully saturated rings. The van der Waals surface area contributed by atoms with Gasteiger partial charge in [-0.2, -0.15) is 0 Å². The van der Waals surface area contributed by atoms with Crippen molar-refractivity contribution in [3.05, 3.63) is 28.7 Å². The number of halogens is 1. The Morgan fingerprint density at radius 2 is 1.85 bits per heavy atom. The van der Waals surface area contributed by atoms with Gasteiger partial charge in [-0.25, -0.2) is 0 Å². The molecule has 0 saturated heterocycles. The molecule has 70 valence electrons. The molecule has 1 saturated carbocycles. The van der Waals surface area contributed by atoms with Crippen molar-refractivity contribution in [1.29, 1.82) is 0 Å². The van der Waals surface area contributed by atoms with E-state index in [-0.39, 0.29) is 0 Å². The molecule has 1 aromatic carbocycles. The van der Waals surface area contributed by atoms with Gasteiger partial charge < -0.3 is 5.73 Å². The Labute approximate surface area is 91.2 Å². The Kier molecular flexibility index (Phi) is 2.96. The maximum absolute atomic E-state index is 5.73. The van der Waals surface area contributed by atoms with E-state index in [4.69, 9.17) is 5.73 Å². The Morgan fingerprint density at radius 3 is 2.38 bits per heavy atom. The molecule has 1 aliphatic carbocycles. The number of thioether (sulfide) groups is 1. The summed E-state index contributed by atoms with van der Waals surface area (Å²) in [6.07, 6.45) is 2.33. The van der Waals surface area contributed by atoms with Gasteiger partial charge in [0.15, 0.2) is 0 Å². The molecule has 0 heterocycles. The van der Waals surface area contributed by atoms with Gasteiger partial charge in [-0.05, 0) is 37.1 Å². The molecule has 1 nitrogen and oxygen atoms in total. The third-order valence-electron chi connectivity index (χ3n) is 2.25. The largest absolute Gasteiger partial charge is 0.328 e. The van der Waals surface area contributed by atoms with E-state index in [1.54, 1.807) is 0 Å². The molecular weight excluding hydrogens is 246 g/mol. The molecule has 0 unspecified atom stereocenters. The van der Waals surface area contributed by atoms with Crippen molar-refractivity contribution in [1.82, 2.24) is 0 Å². The second-order valence-corrected chi connectivity index (χ2v) is 5.71. The zero-order valence-electron chi connectivity index (χ0n) is 7.24. The van der Waals surface area contributed by atoms with Crippen LogP contribution in [-0.2, 0) is 0 Å². The fourth-order valence-corrected chi connectivity index (χ4v) is 3.04. The van der Waals surface area contributed by atoms with Crippen molar-refractivity contribution in [3.8, 4) is 0 Å². The highest BCUT2D eigenvalue weighted by Gasteiger charge is 2.26. The van der Waals surface area contributed by atoms with Crippen molar-refractivity contribution >= 4 is 27.7 Å². The molecule has 1 aromatic rings. The van der Waals surface area contributed by atoms with Crippen LogP contribution in [0.15, 0.2) is 33.6 Å². The average molecular weight is 258 g/mol. The maximum Gasteiger partial charge on any atom is 0.0176 e. The first-order valence-electron chi connectivity index (χ1n) is 4.42. The number of benzene rings is 1. The maximum atomic E-state index is 5.73. The highest BCUT2D eigenvalue weighted by Crippen LogP contribution is 2.35. The number of hydrogen-bond acceptors (Lipinski definition) is 2. The Hall–Kier alpha value is 0.01000. The molecule has 0 aliphatic heterocycles. The fraction of sp³-hybridized carbons (Fsp3) is 0.400. The molecule has 0 bridgehead atoms. The minimum absolute atomic E-state index is 0.452. The quantitative estimate of drug-likeness (QED) is 0.882. The molecule has 0 radical (unpaired) electrons. The molecule has 1 aliphatic rings. The van der Waals surface area contributed by atoms with Crippen LogP contribution < -0.4 is 5.73 Å². The molecule has 13 heavy (non-hydrogen) atoms. The summed E-state index contributed by atoms with van der Waals surface area (Å²) in [5.74, 6) is 0. The lowest BCUT2D eigenvalue weighted by Gasteiger charge is -2.31. The van der Waals surface area contributed by atoms with E-state index >= 15 is 0 Å². The Balaban J connectivity index is 1.91. The summed E-state index contributed by atoms with van der Waals surface area (Å²) in [6.45, 7) is 0. The van der Waals surface area contributed by atoms with Crippen LogP contribution in [0.5, 0.6) is 0 Å². The first-order valence-corrected chi connectivity index (χ1v) is 6.09. The van der Waals surface area contributed by atoms with Gasteiger partial charge in [0.05, 0.1) is 0 Å². The third-order valence-corrected chi connectivity index (χ3v) is 4.04. The predicted octanol–water partition coefficient (Wildman–Crippen LogP) is 3.03. The van der Waals surface area contributed by atoms with Crippen LogP contribution in [0.3, 0.4) is 0 Å². The summed E-state index contributed by atoms with van der Waals surface area (Å²) >= 11 is 5.37. The van der Waals surface area contributed by atoms with Crippen LogP contribution in [0.25, 0.3) is 0 Å². The van der Waals surface area contributed by atoms with E-state index in [9.17, 15) is 0 Å². The van der Waals surface area contributed by atoms with Crippen molar-refractivity contribution in [2.45, 2.75) is 29.0 Å². The van der Waals surface area contributed by atoms with Gasteiger partial charge in [0.25, 0.3) is 0 Å². The van der Waals surface area contributed by atoms with Crippen LogP contribution >= 0.6 is 27.7 Å². The van der Waals surface area contributed by atoms with Crippen LogP contribution in [-0.4, -0.2) is 11.3 Å². The fourth-order valence-electron chi connectivity index (χ4n) is 1.41. The molecule has 0 spiro atoms. The zero-order chi connectivity index (χ0) is 9.26. The van der Waals surface area contributed by atoms with Gasteiger partial charge in [-0.15, -0.1) is 11.8 Å². The summed E-state index contributed by atoms with van der Waals surface area (Å²) in [7, 11) is 0. The average Bonchev–Trinajstić information content (AvgIpc) is 2.06. The molecule has 0 amide bonds. The van der Waals surface area contributed by atoms with Crippen molar-refractivity contribution in [2.75, 3.05) is 0 Å². The molecule has 2 N–H and O–H groups in total. The molecular formula is C10H12BrNS. The summed E-state index contributed by atoms with van der Waals surface area (Å²) < 4.78 is 1.14. The van der Waals surface area contributed by atoms with Gasteiger partial charge in [-0.1, -0.05) is 15.9 Å². The monoisotopic (exact) mass is 257 g/mol. The van der Waals surface area contributed by atoms with E-state index in [1.807, 2.05) is 11.8 Å². The van der Waals surface area contributed by atoms with Gasteiger partial charge in [0, 0.05) is 20.7 Å². The first-order chi connectivity index (χ1) is 6.24. The van der Waals surface area contributed by atoms with Crippen molar-refractivity contribution < 1.29 is 0 Å². The Morgan fingerprint density at radius 1 is 1.23 bits per heavy atom. The van der Waals surface area contributed by atoms with Crippen LogP contribution in [0.4, 0.5) is 0 Å². The van der Waals surface area contributed by atoms with E-state index in [2.05, 4.69) is 40.2 Å². The van der Waals surface area contributed by atoms with Gasteiger partial charge in [0.2, 0.25) is 0 Å². The zero-order valence-corrected chi connectivity index (χ0v) is 9.64.